The molecule has 1 aliphatic rings. The van der Waals surface area contributed by atoms with Crippen molar-refractivity contribution >= 4 is 22.9 Å². The molecule has 0 fully saturated rings. The summed E-state index contributed by atoms with van der Waals surface area (Å²) in [6.45, 7) is 6.66. The van der Waals surface area contributed by atoms with Gasteiger partial charge in [-0.15, -0.1) is 11.3 Å². The number of para-hydroxylation sites is 1. The summed E-state index contributed by atoms with van der Waals surface area (Å²) in [6.07, 6.45) is -1.79. The number of benzene rings is 1. The van der Waals surface area contributed by atoms with Gasteiger partial charge in [-0.2, -0.15) is 13.2 Å². The molecule has 0 bridgehead atoms. The Labute approximate surface area is 155 Å². The van der Waals surface area contributed by atoms with Gasteiger partial charge in [-0.25, -0.2) is 0 Å². The zero-order valence-corrected chi connectivity index (χ0v) is 15.9. The van der Waals surface area contributed by atoms with E-state index in [1.807, 2.05) is 0 Å². The fourth-order valence-corrected chi connectivity index (χ4v) is 4.63. The standard InChI is InChI=1S/C20H22F3NOS/c1-19(2,3)12-8-9-13-14(11-26-17(13)10-12)18(25)24-16-7-5-4-6-15(16)20(21,22)23/h4-7,11-12H,8-10H2,1-3H3,(H,24,25). The monoisotopic (exact) mass is 381 g/mol. The summed E-state index contributed by atoms with van der Waals surface area (Å²) < 4.78 is 39.4. The van der Waals surface area contributed by atoms with Crippen LogP contribution in [-0.2, 0) is 19.0 Å². The normalized spacial score (nSPS) is 17.7. The van der Waals surface area contributed by atoms with Gasteiger partial charge in [0.2, 0.25) is 0 Å². The molecule has 1 N–H and O–H groups in total. The third-order valence-electron chi connectivity index (χ3n) is 5.11. The highest BCUT2D eigenvalue weighted by Gasteiger charge is 2.35. The number of anilines is 1. The van der Waals surface area contributed by atoms with Gasteiger partial charge in [-0.05, 0) is 48.3 Å². The van der Waals surface area contributed by atoms with Gasteiger partial charge in [-0.3, -0.25) is 4.79 Å². The predicted octanol–water partition coefficient (Wildman–Crippen LogP) is 6.17. The number of nitrogens with one attached hydrogen (secondary N) is 1. The van der Waals surface area contributed by atoms with Gasteiger partial charge in [0.25, 0.3) is 5.91 Å². The minimum atomic E-state index is -4.50. The first kappa shape index (κ1) is 19.0. The molecule has 1 amide bonds. The second-order valence-electron chi connectivity index (χ2n) is 7.85. The molecule has 0 saturated heterocycles. The van der Waals surface area contributed by atoms with Crippen LogP contribution in [0, 0.1) is 11.3 Å². The molecule has 6 heteroatoms. The Morgan fingerprint density at radius 1 is 1.19 bits per heavy atom. The quantitative estimate of drug-likeness (QED) is 0.662. The first-order valence-electron chi connectivity index (χ1n) is 8.64. The number of halogens is 3. The van der Waals surface area contributed by atoms with Crippen LogP contribution in [0.3, 0.4) is 0 Å². The summed E-state index contributed by atoms with van der Waals surface area (Å²) in [7, 11) is 0. The predicted molar refractivity (Wildman–Crippen MR) is 98.7 cm³/mol. The molecule has 0 saturated carbocycles. The molecule has 0 aliphatic heterocycles. The lowest BCUT2D eigenvalue weighted by molar-refractivity contribution is -0.136. The number of hydrogen-bond donors (Lipinski definition) is 1. The summed E-state index contributed by atoms with van der Waals surface area (Å²) in [5.74, 6) is 0.0870. The van der Waals surface area contributed by atoms with Crippen molar-refractivity contribution in [3.8, 4) is 0 Å². The molecule has 0 spiro atoms. The number of fused-ring (bicyclic) bond motifs is 1. The highest BCUT2D eigenvalue weighted by Crippen LogP contribution is 2.41. The molecule has 1 aromatic heterocycles. The maximum absolute atomic E-state index is 13.1. The summed E-state index contributed by atoms with van der Waals surface area (Å²) >= 11 is 1.54. The Morgan fingerprint density at radius 3 is 2.54 bits per heavy atom. The van der Waals surface area contributed by atoms with E-state index in [0.29, 0.717) is 11.5 Å². The maximum atomic E-state index is 13.1. The molecule has 1 aliphatic carbocycles. The first-order chi connectivity index (χ1) is 12.1. The number of alkyl halides is 3. The molecule has 1 atom stereocenters. The summed E-state index contributed by atoms with van der Waals surface area (Å²) in [5.41, 5.74) is 0.681. The lowest BCUT2D eigenvalue weighted by Gasteiger charge is -2.34. The van der Waals surface area contributed by atoms with Crippen LogP contribution in [-0.4, -0.2) is 5.91 Å². The molecule has 2 nitrogen and oxygen atoms in total. The molecule has 3 rings (SSSR count). The van der Waals surface area contributed by atoms with E-state index in [-0.39, 0.29) is 11.1 Å². The summed E-state index contributed by atoms with van der Waals surface area (Å²) in [6, 6.07) is 5.07. The van der Waals surface area contributed by atoms with E-state index < -0.39 is 17.6 Å². The Bertz CT molecular complexity index is 817. The maximum Gasteiger partial charge on any atom is 0.418 e. The van der Waals surface area contributed by atoms with E-state index in [1.165, 1.54) is 34.4 Å². The number of rotatable bonds is 2. The Hall–Kier alpha value is -1.82. The highest BCUT2D eigenvalue weighted by molar-refractivity contribution is 7.10. The zero-order valence-electron chi connectivity index (χ0n) is 15.0. The Morgan fingerprint density at radius 2 is 1.88 bits per heavy atom. The number of carbonyl (C=O) groups is 1. The smallest absolute Gasteiger partial charge is 0.321 e. The van der Waals surface area contributed by atoms with Crippen molar-refractivity contribution in [3.05, 3.63) is 51.2 Å². The number of amides is 1. The van der Waals surface area contributed by atoms with E-state index in [2.05, 4.69) is 26.1 Å². The van der Waals surface area contributed by atoms with Crippen molar-refractivity contribution in [2.24, 2.45) is 11.3 Å². The fraction of sp³-hybridized carbons (Fsp3) is 0.450. The number of carbonyl (C=O) groups excluding carboxylic acids is 1. The summed E-state index contributed by atoms with van der Waals surface area (Å²) in [5, 5.41) is 4.24. The van der Waals surface area contributed by atoms with E-state index >= 15 is 0 Å². The molecule has 140 valence electrons. The SMILES string of the molecule is CC(C)(C)C1CCc2c(C(=O)Nc3ccccc3C(F)(F)F)csc2C1. The lowest BCUT2D eigenvalue weighted by Crippen LogP contribution is -2.27. The lowest BCUT2D eigenvalue weighted by atomic mass is 9.72. The highest BCUT2D eigenvalue weighted by atomic mass is 32.1. The summed E-state index contributed by atoms with van der Waals surface area (Å²) in [4.78, 5) is 13.8. The van der Waals surface area contributed by atoms with Crippen molar-refractivity contribution in [1.29, 1.82) is 0 Å². The van der Waals surface area contributed by atoms with E-state index in [9.17, 15) is 18.0 Å². The van der Waals surface area contributed by atoms with Crippen molar-refractivity contribution in [2.45, 2.75) is 46.2 Å². The fourth-order valence-electron chi connectivity index (χ4n) is 3.47. The van der Waals surface area contributed by atoms with Gasteiger partial charge in [0, 0.05) is 10.3 Å². The average Bonchev–Trinajstić information content (AvgIpc) is 2.96. The third-order valence-corrected chi connectivity index (χ3v) is 6.16. The Balaban J connectivity index is 1.83. The van der Waals surface area contributed by atoms with Gasteiger partial charge in [0.15, 0.2) is 0 Å². The van der Waals surface area contributed by atoms with Gasteiger partial charge in [0.05, 0.1) is 16.8 Å². The second kappa shape index (κ2) is 6.72. The van der Waals surface area contributed by atoms with Crippen molar-refractivity contribution < 1.29 is 18.0 Å². The second-order valence-corrected chi connectivity index (χ2v) is 8.82. The van der Waals surface area contributed by atoms with Gasteiger partial charge < -0.3 is 5.32 Å². The van der Waals surface area contributed by atoms with Crippen LogP contribution in [0.5, 0.6) is 0 Å². The molecule has 1 aromatic carbocycles. The van der Waals surface area contributed by atoms with Crippen LogP contribution in [0.1, 0.15) is 53.6 Å². The Kier molecular flexibility index (Phi) is 4.90. The number of hydrogen-bond acceptors (Lipinski definition) is 2. The van der Waals surface area contributed by atoms with E-state index in [0.717, 1.165) is 30.9 Å². The molecular weight excluding hydrogens is 359 g/mol. The van der Waals surface area contributed by atoms with Crippen molar-refractivity contribution in [1.82, 2.24) is 0 Å². The molecule has 1 heterocycles. The minimum absolute atomic E-state index is 0.201. The third kappa shape index (κ3) is 3.80. The first-order valence-corrected chi connectivity index (χ1v) is 9.52. The van der Waals surface area contributed by atoms with Crippen molar-refractivity contribution in [3.63, 3.8) is 0 Å². The molecule has 26 heavy (non-hydrogen) atoms. The molecule has 1 unspecified atom stereocenters. The van der Waals surface area contributed by atoms with E-state index in [4.69, 9.17) is 0 Å². The van der Waals surface area contributed by atoms with Gasteiger partial charge >= 0.3 is 6.18 Å². The van der Waals surface area contributed by atoms with Crippen LogP contribution in [0.15, 0.2) is 29.6 Å². The van der Waals surface area contributed by atoms with Crippen LogP contribution in [0.2, 0.25) is 0 Å². The topological polar surface area (TPSA) is 29.1 Å². The minimum Gasteiger partial charge on any atom is -0.321 e. The van der Waals surface area contributed by atoms with Gasteiger partial charge in [0.1, 0.15) is 0 Å². The average molecular weight is 381 g/mol. The molecule has 2 aromatic rings. The van der Waals surface area contributed by atoms with Crippen LogP contribution in [0.25, 0.3) is 0 Å². The van der Waals surface area contributed by atoms with Crippen LogP contribution >= 0.6 is 11.3 Å². The molecular formula is C20H22F3NOS. The number of thiophene rings is 1. The van der Waals surface area contributed by atoms with Crippen LogP contribution in [0.4, 0.5) is 18.9 Å². The molecule has 0 radical (unpaired) electrons. The largest absolute Gasteiger partial charge is 0.418 e. The van der Waals surface area contributed by atoms with E-state index in [1.54, 1.807) is 5.38 Å². The zero-order chi connectivity index (χ0) is 19.1. The van der Waals surface area contributed by atoms with Crippen molar-refractivity contribution in [2.75, 3.05) is 5.32 Å². The van der Waals surface area contributed by atoms with Gasteiger partial charge in [-0.1, -0.05) is 32.9 Å². The van der Waals surface area contributed by atoms with Crippen LogP contribution < -0.4 is 5.32 Å².